The Hall–Kier alpha value is -1.49. The van der Waals surface area contributed by atoms with Crippen LogP contribution in [0.2, 0.25) is 0 Å². The number of hydrogen-bond acceptors (Lipinski definition) is 4. The zero-order chi connectivity index (χ0) is 12.2. The number of halogens is 1. The van der Waals surface area contributed by atoms with Crippen molar-refractivity contribution < 1.29 is 9.59 Å². The predicted molar refractivity (Wildman–Crippen MR) is 65.2 cm³/mol. The first-order chi connectivity index (χ1) is 8.09. The van der Waals surface area contributed by atoms with Gasteiger partial charge in [0.15, 0.2) is 0 Å². The Morgan fingerprint density at radius 2 is 1.94 bits per heavy atom. The topological polar surface area (TPSA) is 50.0 Å². The van der Waals surface area contributed by atoms with Gasteiger partial charge in [-0.25, -0.2) is 4.98 Å². The number of hydrogen-bond donors (Lipinski definition) is 0. The normalized spacial score (nSPS) is 18.6. The van der Waals surface area contributed by atoms with Crippen molar-refractivity contribution in [1.29, 1.82) is 0 Å². The second-order valence-corrected chi connectivity index (χ2v) is 4.95. The van der Waals surface area contributed by atoms with Crippen molar-refractivity contribution in [2.75, 3.05) is 13.1 Å². The minimum Gasteiger partial charge on any atom is -0.364 e. The summed E-state index contributed by atoms with van der Waals surface area (Å²) in [7, 11) is 0. The maximum atomic E-state index is 12.2. The highest BCUT2D eigenvalue weighted by Gasteiger charge is 2.38. The molecule has 0 aromatic carbocycles. The molecule has 5 heteroatoms. The zero-order valence-electron chi connectivity index (χ0n) is 9.16. The Balaban J connectivity index is 2.21. The van der Waals surface area contributed by atoms with Crippen molar-refractivity contribution >= 4 is 27.5 Å². The molecule has 1 aliphatic heterocycles. The Kier molecular flexibility index (Phi) is 2.19. The third-order valence-electron chi connectivity index (χ3n) is 2.88. The molecule has 0 amide bonds. The first kappa shape index (κ1) is 10.7. The first-order valence-corrected chi connectivity index (χ1v) is 6.10. The summed E-state index contributed by atoms with van der Waals surface area (Å²) in [4.78, 5) is 30.4. The third-order valence-corrected chi connectivity index (χ3v) is 3.62. The first-order valence-electron chi connectivity index (χ1n) is 5.31. The number of pyridine rings is 1. The van der Waals surface area contributed by atoms with Crippen LogP contribution in [0, 0.1) is 6.92 Å². The number of ketones is 2. The highest BCUT2D eigenvalue weighted by atomic mass is 79.9. The molecular formula is C12H9BrN2O2. The van der Waals surface area contributed by atoms with E-state index >= 15 is 0 Å². The average molecular weight is 293 g/mol. The lowest BCUT2D eigenvalue weighted by atomic mass is 9.96. The zero-order valence-corrected chi connectivity index (χ0v) is 10.7. The molecule has 0 bridgehead atoms. The number of fused-ring (bicyclic) bond motifs is 1. The molecule has 1 aromatic heterocycles. The van der Waals surface area contributed by atoms with E-state index in [0.717, 1.165) is 18.8 Å². The lowest BCUT2D eigenvalue weighted by molar-refractivity contribution is 0.0964. The molecule has 0 atom stereocenters. The van der Waals surface area contributed by atoms with Gasteiger partial charge in [0.1, 0.15) is 11.4 Å². The van der Waals surface area contributed by atoms with Crippen molar-refractivity contribution in [3.63, 3.8) is 0 Å². The largest absolute Gasteiger partial charge is 0.364 e. The van der Waals surface area contributed by atoms with Crippen molar-refractivity contribution in [3.8, 4) is 0 Å². The molecule has 0 saturated carbocycles. The van der Waals surface area contributed by atoms with E-state index in [2.05, 4.69) is 20.9 Å². The summed E-state index contributed by atoms with van der Waals surface area (Å²) in [5.74, 6) is -0.318. The van der Waals surface area contributed by atoms with Crippen LogP contribution in [0.1, 0.15) is 26.5 Å². The van der Waals surface area contributed by atoms with E-state index in [1.165, 1.54) is 0 Å². The number of aromatic nitrogens is 1. The van der Waals surface area contributed by atoms with Gasteiger partial charge in [0.05, 0.1) is 10.0 Å². The van der Waals surface area contributed by atoms with Crippen molar-refractivity contribution in [2.24, 2.45) is 0 Å². The van der Waals surface area contributed by atoms with Crippen LogP contribution in [0.15, 0.2) is 22.3 Å². The van der Waals surface area contributed by atoms with Crippen LogP contribution in [-0.2, 0) is 0 Å². The summed E-state index contributed by atoms with van der Waals surface area (Å²) < 4.78 is 0.339. The van der Waals surface area contributed by atoms with E-state index < -0.39 is 0 Å². The van der Waals surface area contributed by atoms with Crippen LogP contribution in [0.4, 0.5) is 0 Å². The lowest BCUT2D eigenvalue weighted by Crippen LogP contribution is -2.25. The van der Waals surface area contributed by atoms with Gasteiger partial charge in [-0.1, -0.05) is 0 Å². The van der Waals surface area contributed by atoms with Gasteiger partial charge in [0.25, 0.3) is 0 Å². The maximum Gasteiger partial charge on any atom is 0.221 e. The van der Waals surface area contributed by atoms with Gasteiger partial charge in [0.2, 0.25) is 11.6 Å². The molecule has 17 heavy (non-hydrogen) atoms. The Morgan fingerprint density at radius 1 is 1.24 bits per heavy atom. The van der Waals surface area contributed by atoms with Crippen LogP contribution < -0.4 is 0 Å². The molecule has 2 heterocycles. The lowest BCUT2D eigenvalue weighted by Gasteiger charge is -2.18. The molecule has 86 valence electrons. The summed E-state index contributed by atoms with van der Waals surface area (Å²) in [5, 5.41) is 0. The summed E-state index contributed by atoms with van der Waals surface area (Å²) in [5.41, 5.74) is 1.88. The van der Waals surface area contributed by atoms with E-state index in [0.29, 0.717) is 15.7 Å². The van der Waals surface area contributed by atoms with E-state index in [1.54, 1.807) is 19.1 Å². The second kappa shape index (κ2) is 3.50. The average Bonchev–Trinajstić information content (AvgIpc) is 3.10. The molecule has 0 spiro atoms. The van der Waals surface area contributed by atoms with Gasteiger partial charge in [-0.05, 0) is 35.0 Å². The third kappa shape index (κ3) is 1.53. The quantitative estimate of drug-likeness (QED) is 0.739. The molecule has 1 fully saturated rings. The highest BCUT2D eigenvalue weighted by Crippen LogP contribution is 2.33. The summed E-state index contributed by atoms with van der Waals surface area (Å²) in [6.07, 6.45) is 0. The monoisotopic (exact) mass is 292 g/mol. The fraction of sp³-hybridized carbons (Fsp3) is 0.250. The molecule has 1 aromatic rings. The van der Waals surface area contributed by atoms with Crippen molar-refractivity contribution in [2.45, 2.75) is 6.92 Å². The number of carbonyl (C=O) groups is 2. The molecule has 0 radical (unpaired) electrons. The van der Waals surface area contributed by atoms with Crippen LogP contribution in [-0.4, -0.2) is 34.5 Å². The van der Waals surface area contributed by atoms with Crippen LogP contribution in [0.3, 0.4) is 0 Å². The molecular weight excluding hydrogens is 284 g/mol. The number of nitrogens with zero attached hydrogens (tertiary/aromatic N) is 2. The minimum atomic E-state index is -0.204. The van der Waals surface area contributed by atoms with Crippen molar-refractivity contribution in [1.82, 2.24) is 9.88 Å². The fourth-order valence-electron chi connectivity index (χ4n) is 1.91. The summed E-state index contributed by atoms with van der Waals surface area (Å²) >= 11 is 3.22. The van der Waals surface area contributed by atoms with Gasteiger partial charge in [-0.3, -0.25) is 9.59 Å². The number of allylic oxidation sites excluding steroid dienone is 2. The predicted octanol–water partition coefficient (Wildman–Crippen LogP) is 1.69. The second-order valence-electron chi connectivity index (χ2n) is 4.16. The molecule has 2 aliphatic rings. The Labute approximate surface area is 106 Å². The Bertz CT molecular complexity index is 588. The van der Waals surface area contributed by atoms with Crippen LogP contribution >= 0.6 is 15.9 Å². The molecule has 0 N–H and O–H groups in total. The van der Waals surface area contributed by atoms with Gasteiger partial charge in [0, 0.05) is 18.8 Å². The molecule has 0 unspecified atom stereocenters. The van der Waals surface area contributed by atoms with Crippen LogP contribution in [0.5, 0.6) is 0 Å². The number of rotatable bonds is 1. The van der Waals surface area contributed by atoms with Crippen molar-refractivity contribution in [3.05, 3.63) is 39.3 Å². The van der Waals surface area contributed by atoms with Gasteiger partial charge >= 0.3 is 0 Å². The molecule has 4 nitrogen and oxygen atoms in total. The summed E-state index contributed by atoms with van der Waals surface area (Å²) in [6.45, 7) is 3.46. The van der Waals surface area contributed by atoms with E-state index in [1.807, 2.05) is 4.90 Å². The minimum absolute atomic E-state index is 0.114. The number of carbonyl (C=O) groups excluding carboxylic acids is 2. The molecule has 3 rings (SSSR count). The van der Waals surface area contributed by atoms with E-state index in [4.69, 9.17) is 0 Å². The Morgan fingerprint density at radius 3 is 2.59 bits per heavy atom. The van der Waals surface area contributed by atoms with Gasteiger partial charge < -0.3 is 4.90 Å². The van der Waals surface area contributed by atoms with E-state index in [-0.39, 0.29) is 17.3 Å². The number of aryl methyl sites for hydroxylation is 1. The standard InChI is InChI=1S/C12H9BrN2O2/c1-6-2-3-7-9(14-6)12(17)8(13)10(11(7)16)15-4-5-15/h2-3H,4-5H2,1H3. The van der Waals surface area contributed by atoms with Crippen LogP contribution in [0.25, 0.3) is 0 Å². The maximum absolute atomic E-state index is 12.2. The molecule has 1 saturated heterocycles. The fourth-order valence-corrected chi connectivity index (χ4v) is 2.53. The SMILES string of the molecule is Cc1ccc2c(n1)C(=O)C(Br)=C(N1CC1)C2=O. The highest BCUT2D eigenvalue weighted by molar-refractivity contribution is 9.12. The van der Waals surface area contributed by atoms with E-state index in [9.17, 15) is 9.59 Å². The number of Topliss-reactive ketones (excluding diaryl/α,β-unsaturated/α-hetero) is 2. The smallest absolute Gasteiger partial charge is 0.221 e. The van der Waals surface area contributed by atoms with Gasteiger partial charge in [-0.2, -0.15) is 0 Å². The summed E-state index contributed by atoms with van der Waals surface area (Å²) in [6, 6.07) is 3.43. The van der Waals surface area contributed by atoms with Gasteiger partial charge in [-0.15, -0.1) is 0 Å². The molecule has 1 aliphatic carbocycles.